The van der Waals surface area contributed by atoms with E-state index in [2.05, 4.69) is 0 Å². The molecule has 0 bridgehead atoms. The fourth-order valence-corrected chi connectivity index (χ4v) is 3.08. The number of esters is 1. The molecule has 0 spiro atoms. The summed E-state index contributed by atoms with van der Waals surface area (Å²) in [6.07, 6.45) is 3.26. The summed E-state index contributed by atoms with van der Waals surface area (Å²) < 4.78 is 34.1. The predicted octanol–water partition coefficient (Wildman–Crippen LogP) is 1.99. The van der Waals surface area contributed by atoms with Gasteiger partial charge in [-0.1, -0.05) is 18.2 Å². The van der Waals surface area contributed by atoms with Crippen molar-refractivity contribution in [1.29, 1.82) is 0 Å². The first-order valence-electron chi connectivity index (χ1n) is 7.38. The van der Waals surface area contributed by atoms with Crippen LogP contribution in [0.15, 0.2) is 42.6 Å². The molecule has 0 radical (unpaired) electrons. The van der Waals surface area contributed by atoms with Gasteiger partial charge in [0.15, 0.2) is 5.75 Å². The molecule has 4 rings (SSSR count). The molecule has 1 aliphatic rings. The summed E-state index contributed by atoms with van der Waals surface area (Å²) in [6.45, 7) is 0. The fraction of sp³-hybridized carbons (Fsp3) is 0.188. The number of hydrogen-bond donors (Lipinski definition) is 1. The Labute approximate surface area is 137 Å². The molecule has 1 aromatic carbocycles. The number of pyridine rings is 1. The molecule has 0 atom stereocenters. The predicted molar refractivity (Wildman–Crippen MR) is 87.1 cm³/mol. The van der Waals surface area contributed by atoms with Crippen LogP contribution in [-0.4, -0.2) is 24.9 Å². The Balaban J connectivity index is 1.91. The summed E-state index contributed by atoms with van der Waals surface area (Å²) >= 11 is 0. The number of nitrogens with two attached hydrogens (primary N) is 1. The molecular weight excluding hydrogens is 332 g/mol. The van der Waals surface area contributed by atoms with E-state index in [1.54, 1.807) is 10.5 Å². The lowest BCUT2D eigenvalue weighted by atomic mass is 10.1. The van der Waals surface area contributed by atoms with Crippen LogP contribution in [0.5, 0.6) is 5.75 Å². The highest BCUT2D eigenvalue weighted by atomic mass is 32.2. The first-order chi connectivity index (χ1) is 11.4. The Bertz CT molecular complexity index is 1070. The van der Waals surface area contributed by atoms with Crippen molar-refractivity contribution in [2.24, 2.45) is 5.14 Å². The van der Waals surface area contributed by atoms with Gasteiger partial charge in [0.05, 0.1) is 22.8 Å². The largest absolute Gasteiger partial charge is 0.459 e. The van der Waals surface area contributed by atoms with Crippen molar-refractivity contribution >= 4 is 32.7 Å². The summed E-state index contributed by atoms with van der Waals surface area (Å²) in [7, 11) is -4.12. The summed E-state index contributed by atoms with van der Waals surface area (Å²) in [5.41, 5.74) is 1.82. The van der Waals surface area contributed by atoms with Gasteiger partial charge in [-0.05, 0) is 31.0 Å². The number of aromatic nitrogens is 1. The third-order valence-corrected chi connectivity index (χ3v) is 4.25. The first-order valence-corrected chi connectivity index (χ1v) is 8.85. The van der Waals surface area contributed by atoms with Gasteiger partial charge in [-0.25, -0.2) is 4.79 Å². The molecule has 8 heteroatoms. The maximum Gasteiger partial charge on any atom is 0.380 e. The number of para-hydroxylation sites is 1. The quantitative estimate of drug-likeness (QED) is 0.728. The number of carbonyl (C=O) groups excluding carboxylic acids is 1. The van der Waals surface area contributed by atoms with E-state index < -0.39 is 10.3 Å². The van der Waals surface area contributed by atoms with E-state index in [1.807, 2.05) is 24.3 Å². The van der Waals surface area contributed by atoms with Crippen molar-refractivity contribution in [1.82, 2.24) is 4.40 Å². The number of hydrogen-bond acceptors (Lipinski definition) is 5. The Hall–Kier alpha value is -2.58. The maximum absolute atomic E-state index is 12.5. The van der Waals surface area contributed by atoms with Crippen LogP contribution in [0.3, 0.4) is 0 Å². The topological polar surface area (TPSA) is 100 Å². The normalized spacial score (nSPS) is 14.9. The third-order valence-electron chi connectivity index (χ3n) is 3.82. The lowest BCUT2D eigenvalue weighted by Crippen LogP contribution is -2.19. The van der Waals surface area contributed by atoms with Crippen molar-refractivity contribution in [3.05, 3.63) is 48.2 Å². The fourth-order valence-electron chi connectivity index (χ4n) is 2.71. The molecule has 2 aromatic heterocycles. The van der Waals surface area contributed by atoms with Crippen LogP contribution in [0.25, 0.3) is 16.4 Å². The molecule has 24 heavy (non-hydrogen) atoms. The van der Waals surface area contributed by atoms with Crippen LogP contribution in [0.4, 0.5) is 0 Å². The second kappa shape index (κ2) is 5.22. The van der Waals surface area contributed by atoms with Gasteiger partial charge in [0.1, 0.15) is 6.10 Å². The van der Waals surface area contributed by atoms with Gasteiger partial charge in [0.25, 0.3) is 0 Å². The summed E-state index contributed by atoms with van der Waals surface area (Å²) in [6, 6.07) is 10.4. The van der Waals surface area contributed by atoms with Crippen molar-refractivity contribution in [3.63, 3.8) is 0 Å². The van der Waals surface area contributed by atoms with E-state index in [0.29, 0.717) is 11.1 Å². The van der Waals surface area contributed by atoms with Gasteiger partial charge in [-0.15, -0.1) is 0 Å². The van der Waals surface area contributed by atoms with Crippen molar-refractivity contribution in [2.75, 3.05) is 0 Å². The number of nitrogens with zero attached hydrogens (tertiary/aromatic N) is 1. The Morgan fingerprint density at radius 1 is 1.12 bits per heavy atom. The molecule has 0 amide bonds. The van der Waals surface area contributed by atoms with E-state index >= 15 is 0 Å². The molecule has 1 aliphatic carbocycles. The molecular formula is C16H14N2O5S. The Kier molecular flexibility index (Phi) is 3.26. The van der Waals surface area contributed by atoms with Crippen molar-refractivity contribution in [2.45, 2.75) is 18.9 Å². The Morgan fingerprint density at radius 3 is 2.58 bits per heavy atom. The van der Waals surface area contributed by atoms with Crippen LogP contribution in [-0.2, 0) is 15.0 Å². The summed E-state index contributed by atoms with van der Waals surface area (Å²) in [4.78, 5) is 12.5. The van der Waals surface area contributed by atoms with Gasteiger partial charge in [0, 0.05) is 5.39 Å². The SMILES string of the molecule is NS(=O)(=O)Oc1ccc2c(C(=O)OC3CC3)c3ccccc3n2c1. The first kappa shape index (κ1) is 15.0. The molecule has 1 fully saturated rings. The number of carbonyl (C=O) groups is 1. The molecule has 7 nitrogen and oxygen atoms in total. The number of fused-ring (bicyclic) bond motifs is 3. The minimum absolute atomic E-state index is 0.00352. The van der Waals surface area contributed by atoms with E-state index in [4.69, 9.17) is 14.1 Å². The highest BCUT2D eigenvalue weighted by Gasteiger charge is 2.29. The van der Waals surface area contributed by atoms with Crippen LogP contribution in [0, 0.1) is 0 Å². The van der Waals surface area contributed by atoms with Crippen LogP contribution < -0.4 is 9.32 Å². The highest BCUT2D eigenvalue weighted by Crippen LogP contribution is 2.32. The average molecular weight is 346 g/mol. The summed E-state index contributed by atoms with van der Waals surface area (Å²) in [5, 5.41) is 5.64. The zero-order chi connectivity index (χ0) is 16.9. The summed E-state index contributed by atoms with van der Waals surface area (Å²) in [5.74, 6) is -0.316. The lowest BCUT2D eigenvalue weighted by Gasteiger charge is -2.05. The number of rotatable bonds is 4. The van der Waals surface area contributed by atoms with E-state index in [1.165, 1.54) is 12.3 Å². The average Bonchev–Trinajstić information content (AvgIpc) is 3.25. The molecule has 124 valence electrons. The second-order valence-corrected chi connectivity index (χ2v) is 6.85. The smallest absolute Gasteiger partial charge is 0.380 e. The zero-order valence-corrected chi connectivity index (χ0v) is 13.3. The van der Waals surface area contributed by atoms with Crippen molar-refractivity contribution < 1.29 is 22.1 Å². The van der Waals surface area contributed by atoms with Crippen LogP contribution in [0.2, 0.25) is 0 Å². The van der Waals surface area contributed by atoms with Crippen molar-refractivity contribution in [3.8, 4) is 5.75 Å². The molecule has 0 aliphatic heterocycles. The molecule has 3 aromatic rings. The van der Waals surface area contributed by atoms with Gasteiger partial charge >= 0.3 is 16.3 Å². The van der Waals surface area contributed by atoms with Gasteiger partial charge in [0.2, 0.25) is 0 Å². The molecule has 0 saturated heterocycles. The van der Waals surface area contributed by atoms with Crippen LogP contribution >= 0.6 is 0 Å². The lowest BCUT2D eigenvalue weighted by molar-refractivity contribution is 0.0477. The molecule has 2 heterocycles. The minimum Gasteiger partial charge on any atom is -0.459 e. The van der Waals surface area contributed by atoms with E-state index in [-0.39, 0.29) is 17.8 Å². The standard InChI is InChI=1S/C16H14N2O5S/c17-24(20,21)23-11-7-8-14-15(16(19)22-10-5-6-10)12-3-1-2-4-13(12)18(14)9-11/h1-4,7-10H,5-6H2,(H2,17,20,21). The van der Waals surface area contributed by atoms with Gasteiger partial charge in [-0.3, -0.25) is 0 Å². The monoisotopic (exact) mass is 346 g/mol. The van der Waals surface area contributed by atoms with Crippen LogP contribution in [0.1, 0.15) is 23.2 Å². The number of ether oxygens (including phenoxy) is 1. The third kappa shape index (κ3) is 2.70. The molecule has 0 unspecified atom stereocenters. The zero-order valence-electron chi connectivity index (χ0n) is 12.5. The van der Waals surface area contributed by atoms with E-state index in [9.17, 15) is 13.2 Å². The van der Waals surface area contributed by atoms with Gasteiger partial charge < -0.3 is 13.3 Å². The molecule has 2 N–H and O–H groups in total. The Morgan fingerprint density at radius 2 is 1.88 bits per heavy atom. The highest BCUT2D eigenvalue weighted by molar-refractivity contribution is 7.84. The minimum atomic E-state index is -4.12. The maximum atomic E-state index is 12.5. The molecule has 1 saturated carbocycles. The second-order valence-electron chi connectivity index (χ2n) is 5.69. The number of benzene rings is 1. The van der Waals surface area contributed by atoms with E-state index in [0.717, 1.165) is 23.7 Å². The van der Waals surface area contributed by atoms with Gasteiger partial charge in [-0.2, -0.15) is 13.6 Å².